The van der Waals surface area contributed by atoms with Gasteiger partial charge in [-0.25, -0.2) is 8.42 Å². The molecule has 1 heterocycles. The van der Waals surface area contributed by atoms with Gasteiger partial charge in [-0.3, -0.25) is 30.2 Å². The van der Waals surface area contributed by atoms with E-state index in [1.54, 1.807) is 37.3 Å². The van der Waals surface area contributed by atoms with Crippen LogP contribution in [0.3, 0.4) is 0 Å². The van der Waals surface area contributed by atoms with Gasteiger partial charge in [0.15, 0.2) is 6.10 Å². The van der Waals surface area contributed by atoms with Gasteiger partial charge < -0.3 is 4.74 Å². The van der Waals surface area contributed by atoms with Crippen LogP contribution < -0.4 is 20.3 Å². The smallest absolute Gasteiger partial charge is 0.279 e. The van der Waals surface area contributed by atoms with Gasteiger partial charge in [0, 0.05) is 18.5 Å². The molecule has 1 unspecified atom stereocenters. The maximum absolute atomic E-state index is 12.2. The fourth-order valence-electron chi connectivity index (χ4n) is 3.41. The largest absolute Gasteiger partial charge is 0.481 e. The Morgan fingerprint density at radius 1 is 1.03 bits per heavy atom. The minimum atomic E-state index is -3.53. The number of hydrogen-bond acceptors (Lipinski definition) is 6. The number of sulfonamides is 1. The average Bonchev–Trinajstić information content (AvgIpc) is 3.07. The van der Waals surface area contributed by atoms with Crippen molar-refractivity contribution in [3.63, 3.8) is 0 Å². The first-order valence-electron chi connectivity index (χ1n) is 11.2. The molecule has 1 aliphatic rings. The Morgan fingerprint density at radius 3 is 2.59 bits per heavy atom. The van der Waals surface area contributed by atoms with E-state index < -0.39 is 22.0 Å². The van der Waals surface area contributed by atoms with E-state index in [-0.39, 0.29) is 17.2 Å². The molecule has 2 aromatic rings. The van der Waals surface area contributed by atoms with E-state index in [1.165, 1.54) is 0 Å². The fourth-order valence-corrected chi connectivity index (χ4v) is 4.66. The normalized spacial score (nSPS) is 15.8. The van der Waals surface area contributed by atoms with Crippen molar-refractivity contribution in [2.75, 3.05) is 6.54 Å². The lowest BCUT2D eigenvalue weighted by Gasteiger charge is -2.17. The number of unbranched alkanes of at least 4 members (excludes halogenated alkanes) is 2. The zero-order valence-corrected chi connectivity index (χ0v) is 20.4. The van der Waals surface area contributed by atoms with Crippen molar-refractivity contribution in [2.24, 2.45) is 4.99 Å². The molecule has 0 bridgehead atoms. The van der Waals surface area contributed by atoms with E-state index in [4.69, 9.17) is 4.74 Å². The summed E-state index contributed by atoms with van der Waals surface area (Å²) in [6, 6.07) is 12.3. The second kappa shape index (κ2) is 11.1. The lowest BCUT2D eigenvalue weighted by molar-refractivity contribution is -0.132. The van der Waals surface area contributed by atoms with Crippen molar-refractivity contribution in [1.82, 2.24) is 15.6 Å². The minimum Gasteiger partial charge on any atom is -0.481 e. The molecular weight excluding hydrogens is 456 g/mol. The number of hydrazine groups is 1. The summed E-state index contributed by atoms with van der Waals surface area (Å²) in [6.45, 7) is 5.95. The van der Waals surface area contributed by atoms with Gasteiger partial charge in [0.1, 0.15) is 11.6 Å². The van der Waals surface area contributed by atoms with E-state index in [2.05, 4.69) is 20.6 Å². The molecule has 0 saturated carbocycles. The first-order chi connectivity index (χ1) is 16.2. The van der Waals surface area contributed by atoms with Crippen LogP contribution in [-0.2, 0) is 19.6 Å². The predicted molar refractivity (Wildman–Crippen MR) is 129 cm³/mol. The number of benzene rings is 2. The monoisotopic (exact) mass is 486 g/mol. The molecule has 1 atom stereocenters. The minimum absolute atomic E-state index is 0.237. The van der Waals surface area contributed by atoms with Crippen LogP contribution in [-0.4, -0.2) is 38.7 Å². The number of aliphatic imine (C=N–C) groups is 1. The molecule has 9 nitrogen and oxygen atoms in total. The summed E-state index contributed by atoms with van der Waals surface area (Å²) in [5, 5.41) is 0. The van der Waals surface area contributed by atoms with E-state index in [1.807, 2.05) is 26.0 Å². The van der Waals surface area contributed by atoms with E-state index in [9.17, 15) is 18.0 Å². The van der Waals surface area contributed by atoms with E-state index >= 15 is 0 Å². The summed E-state index contributed by atoms with van der Waals surface area (Å²) < 4.78 is 32.3. The fraction of sp³-hybridized carbons (Fsp3) is 0.375. The maximum atomic E-state index is 12.2. The Labute approximate surface area is 200 Å². The molecule has 0 saturated heterocycles. The maximum Gasteiger partial charge on any atom is 0.279 e. The quantitative estimate of drug-likeness (QED) is 0.371. The third-order valence-corrected chi connectivity index (χ3v) is 6.94. The molecule has 0 fully saturated rings. The third kappa shape index (κ3) is 6.34. The van der Waals surface area contributed by atoms with Gasteiger partial charge in [-0.2, -0.15) is 0 Å². The number of ether oxygens (including phenoxy) is 1. The molecule has 2 aromatic carbocycles. The topological polar surface area (TPSA) is 126 Å². The summed E-state index contributed by atoms with van der Waals surface area (Å²) in [5.74, 6) is 0.250. The third-order valence-electron chi connectivity index (χ3n) is 5.55. The Hall–Kier alpha value is -3.40. The first-order valence-corrected chi connectivity index (χ1v) is 12.7. The van der Waals surface area contributed by atoms with Crippen molar-refractivity contribution in [3.8, 4) is 5.75 Å². The summed E-state index contributed by atoms with van der Waals surface area (Å²) in [4.78, 5) is 28.8. The Morgan fingerprint density at radius 2 is 1.79 bits per heavy atom. The number of aryl methyl sites for hydroxylation is 1. The second-order valence-corrected chi connectivity index (χ2v) is 9.79. The lowest BCUT2D eigenvalue weighted by Crippen LogP contribution is -2.47. The number of nitrogens with zero attached hydrogens (tertiary/aromatic N) is 1. The molecule has 3 N–H and O–H groups in total. The van der Waals surface area contributed by atoms with E-state index in [0.717, 1.165) is 17.5 Å². The van der Waals surface area contributed by atoms with Crippen LogP contribution >= 0.6 is 0 Å². The molecule has 0 spiro atoms. The number of amidine groups is 1. The van der Waals surface area contributed by atoms with Gasteiger partial charge in [0.2, 0.25) is 5.91 Å². The van der Waals surface area contributed by atoms with Gasteiger partial charge in [0.25, 0.3) is 15.9 Å². The van der Waals surface area contributed by atoms with Crippen LogP contribution in [0.2, 0.25) is 0 Å². The number of carbonyl (C=O) groups excluding carboxylic acids is 2. The molecule has 2 amide bonds. The summed E-state index contributed by atoms with van der Waals surface area (Å²) >= 11 is 0. The van der Waals surface area contributed by atoms with Crippen LogP contribution in [0.1, 0.15) is 49.3 Å². The number of carbonyl (C=O) groups is 2. The van der Waals surface area contributed by atoms with Crippen LogP contribution in [0.15, 0.2) is 52.4 Å². The highest BCUT2D eigenvalue weighted by atomic mass is 32.2. The molecule has 34 heavy (non-hydrogen) atoms. The second-order valence-electron chi connectivity index (χ2n) is 8.14. The number of fused-ring (bicyclic) bond motifs is 1. The van der Waals surface area contributed by atoms with Crippen LogP contribution in [0, 0.1) is 13.8 Å². The zero-order valence-electron chi connectivity index (χ0n) is 19.6. The highest BCUT2D eigenvalue weighted by molar-refractivity contribution is 7.90. The number of amides is 2. The predicted octanol–water partition coefficient (Wildman–Crippen LogP) is 2.52. The zero-order chi connectivity index (χ0) is 24.7. The Balaban J connectivity index is 1.33. The summed E-state index contributed by atoms with van der Waals surface area (Å²) in [6.07, 6.45) is 1.53. The number of nitrogens with one attached hydrogen (secondary N) is 3. The molecular formula is C24H30N4O5S. The first kappa shape index (κ1) is 25.2. The Bertz CT molecular complexity index is 1190. The number of rotatable bonds is 9. The highest BCUT2D eigenvalue weighted by Crippen LogP contribution is 2.23. The standard InChI is InChI=1S/C24H30N4O5S/c1-16-10-9-12-20(17(16)2)33-18(3)24(30)27-26-22(29)14-5-4-8-15-25-23-19-11-6-7-13-21(19)34(31,32)28-23/h6-7,9-13,18H,4-5,8,14-15H2,1-3H3,(H,25,28)(H,26,29)(H,27,30). The number of hydrogen-bond donors (Lipinski definition) is 3. The van der Waals surface area contributed by atoms with Crippen molar-refractivity contribution < 1.29 is 22.7 Å². The van der Waals surface area contributed by atoms with Crippen molar-refractivity contribution in [2.45, 2.75) is 57.5 Å². The average molecular weight is 487 g/mol. The lowest BCUT2D eigenvalue weighted by atomic mass is 10.1. The van der Waals surface area contributed by atoms with Gasteiger partial charge in [-0.05, 0) is 62.9 Å². The Kier molecular flexibility index (Phi) is 8.27. The van der Waals surface area contributed by atoms with Gasteiger partial charge in [0.05, 0.1) is 4.90 Å². The summed E-state index contributed by atoms with van der Waals surface area (Å²) in [5.41, 5.74) is 7.41. The van der Waals surface area contributed by atoms with Crippen molar-refractivity contribution in [1.29, 1.82) is 0 Å². The van der Waals surface area contributed by atoms with Crippen molar-refractivity contribution in [3.05, 3.63) is 59.2 Å². The molecule has 10 heteroatoms. The van der Waals surface area contributed by atoms with Gasteiger partial charge in [-0.15, -0.1) is 0 Å². The van der Waals surface area contributed by atoms with E-state index in [0.29, 0.717) is 36.5 Å². The molecule has 182 valence electrons. The summed E-state index contributed by atoms with van der Waals surface area (Å²) in [7, 11) is -3.53. The van der Waals surface area contributed by atoms with Crippen LogP contribution in [0.25, 0.3) is 0 Å². The van der Waals surface area contributed by atoms with Crippen molar-refractivity contribution >= 4 is 27.7 Å². The SMILES string of the molecule is Cc1cccc(OC(C)C(=O)NNC(=O)CCCCCN=C2NS(=O)(=O)c3ccccc32)c1C. The van der Waals surface area contributed by atoms with Gasteiger partial charge in [-0.1, -0.05) is 30.7 Å². The highest BCUT2D eigenvalue weighted by Gasteiger charge is 2.29. The van der Waals surface area contributed by atoms with Crippen LogP contribution in [0.4, 0.5) is 0 Å². The molecule has 3 rings (SSSR count). The molecule has 1 aliphatic heterocycles. The molecule has 0 aromatic heterocycles. The van der Waals surface area contributed by atoms with Gasteiger partial charge >= 0.3 is 0 Å². The molecule has 0 aliphatic carbocycles. The molecule has 0 radical (unpaired) electrons. The van der Waals surface area contributed by atoms with Crippen LogP contribution in [0.5, 0.6) is 5.75 Å².